The molecule has 0 bridgehead atoms. The van der Waals surface area contributed by atoms with E-state index in [1.165, 1.54) is 25.9 Å². The summed E-state index contributed by atoms with van der Waals surface area (Å²) in [7, 11) is 0. The second-order valence-electron chi connectivity index (χ2n) is 2.85. The zero-order chi connectivity index (χ0) is 7.40. The van der Waals surface area contributed by atoms with E-state index in [2.05, 4.69) is 23.6 Å². The third kappa shape index (κ3) is 2.76. The highest BCUT2D eigenvalue weighted by molar-refractivity contribution is 7.84. The minimum absolute atomic E-state index is 1.09. The molecular formula is C8H15NS. The van der Waals surface area contributed by atoms with Crippen molar-refractivity contribution in [3.8, 4) is 0 Å². The summed E-state index contributed by atoms with van der Waals surface area (Å²) in [6.07, 6.45) is 4.92. The van der Waals surface area contributed by atoms with E-state index in [9.17, 15) is 0 Å². The number of allylic oxidation sites excluding steroid dienone is 1. The summed E-state index contributed by atoms with van der Waals surface area (Å²) in [4.78, 5) is 3.59. The molecule has 0 radical (unpaired) electrons. The highest BCUT2D eigenvalue weighted by atomic mass is 32.1. The molecule has 1 aliphatic rings. The summed E-state index contributed by atoms with van der Waals surface area (Å²) < 4.78 is 0. The van der Waals surface area contributed by atoms with Gasteiger partial charge in [0, 0.05) is 6.54 Å². The van der Waals surface area contributed by atoms with Gasteiger partial charge in [-0.15, -0.1) is 12.6 Å². The predicted molar refractivity (Wildman–Crippen MR) is 48.4 cm³/mol. The first-order valence-electron chi connectivity index (χ1n) is 3.87. The Morgan fingerprint density at radius 3 is 2.60 bits per heavy atom. The molecule has 0 aromatic rings. The number of nitrogens with zero attached hydrogens (tertiary/aromatic N) is 1. The fourth-order valence-electron chi connectivity index (χ4n) is 1.23. The van der Waals surface area contributed by atoms with Crippen molar-refractivity contribution in [2.75, 3.05) is 19.6 Å². The van der Waals surface area contributed by atoms with E-state index < -0.39 is 0 Å². The zero-order valence-electron chi connectivity index (χ0n) is 6.51. The molecule has 0 aromatic heterocycles. The fourth-order valence-corrected chi connectivity index (χ4v) is 1.31. The average molecular weight is 157 g/mol. The van der Waals surface area contributed by atoms with Gasteiger partial charge in [-0.1, -0.05) is 6.08 Å². The second kappa shape index (κ2) is 4.04. The lowest BCUT2D eigenvalue weighted by Crippen LogP contribution is -2.18. The van der Waals surface area contributed by atoms with Crippen molar-refractivity contribution in [2.45, 2.75) is 19.8 Å². The maximum Gasteiger partial charge on any atom is 0.0173 e. The van der Waals surface area contributed by atoms with Gasteiger partial charge in [-0.2, -0.15) is 0 Å². The Labute approximate surface area is 68.5 Å². The van der Waals surface area contributed by atoms with Gasteiger partial charge in [0.05, 0.1) is 0 Å². The van der Waals surface area contributed by atoms with Crippen molar-refractivity contribution in [3.63, 3.8) is 0 Å². The molecule has 0 N–H and O–H groups in total. The van der Waals surface area contributed by atoms with Gasteiger partial charge in [0.25, 0.3) is 0 Å². The van der Waals surface area contributed by atoms with Gasteiger partial charge in [0.1, 0.15) is 0 Å². The van der Waals surface area contributed by atoms with Crippen LogP contribution in [0.2, 0.25) is 0 Å². The van der Waals surface area contributed by atoms with Crippen LogP contribution in [0.5, 0.6) is 0 Å². The van der Waals surface area contributed by atoms with Crippen molar-refractivity contribution in [3.05, 3.63) is 11.0 Å². The lowest BCUT2D eigenvalue weighted by Gasteiger charge is -2.10. The molecular weight excluding hydrogens is 142 g/mol. The van der Waals surface area contributed by atoms with Crippen molar-refractivity contribution >= 4 is 12.6 Å². The first-order valence-corrected chi connectivity index (χ1v) is 4.32. The maximum atomic E-state index is 4.21. The minimum Gasteiger partial charge on any atom is -0.300 e. The first-order chi connectivity index (χ1) is 4.79. The summed E-state index contributed by atoms with van der Waals surface area (Å²) in [5.41, 5.74) is 0. The topological polar surface area (TPSA) is 3.24 Å². The molecule has 1 heterocycles. The number of thiol groups is 1. The van der Waals surface area contributed by atoms with Crippen molar-refractivity contribution < 1.29 is 0 Å². The smallest absolute Gasteiger partial charge is 0.0173 e. The largest absolute Gasteiger partial charge is 0.300 e. The summed E-state index contributed by atoms with van der Waals surface area (Å²) in [6.45, 7) is 5.67. The van der Waals surface area contributed by atoms with Crippen LogP contribution in [0.4, 0.5) is 0 Å². The van der Waals surface area contributed by atoms with E-state index in [4.69, 9.17) is 0 Å². The van der Waals surface area contributed by atoms with Crippen molar-refractivity contribution in [1.82, 2.24) is 4.90 Å². The van der Waals surface area contributed by atoms with E-state index in [1.807, 2.05) is 6.92 Å². The van der Waals surface area contributed by atoms with Crippen LogP contribution in [0.3, 0.4) is 0 Å². The molecule has 0 atom stereocenters. The summed E-state index contributed by atoms with van der Waals surface area (Å²) in [5, 5.41) is 0. The number of hydrogen-bond donors (Lipinski definition) is 1. The summed E-state index contributed by atoms with van der Waals surface area (Å²) in [5.74, 6) is 0. The molecule has 1 saturated heterocycles. The van der Waals surface area contributed by atoms with E-state index in [1.54, 1.807) is 0 Å². The van der Waals surface area contributed by atoms with Gasteiger partial charge in [-0.3, -0.25) is 4.90 Å². The molecule has 0 spiro atoms. The van der Waals surface area contributed by atoms with Gasteiger partial charge >= 0.3 is 0 Å². The van der Waals surface area contributed by atoms with Crippen LogP contribution >= 0.6 is 12.6 Å². The van der Waals surface area contributed by atoms with Crippen LogP contribution in [-0.4, -0.2) is 24.5 Å². The fraction of sp³-hybridized carbons (Fsp3) is 0.750. The second-order valence-corrected chi connectivity index (χ2v) is 3.56. The first kappa shape index (κ1) is 8.15. The van der Waals surface area contributed by atoms with Crippen LogP contribution in [0.1, 0.15) is 19.8 Å². The molecule has 0 saturated carbocycles. The SMILES string of the molecule is CC(S)=CCN1CCCC1. The summed E-state index contributed by atoms with van der Waals surface area (Å²) in [6, 6.07) is 0. The lowest BCUT2D eigenvalue weighted by molar-refractivity contribution is 0.377. The molecule has 1 nitrogen and oxygen atoms in total. The Kier molecular flexibility index (Phi) is 3.29. The Hall–Kier alpha value is 0.0500. The highest BCUT2D eigenvalue weighted by Crippen LogP contribution is 2.07. The Balaban J connectivity index is 2.18. The van der Waals surface area contributed by atoms with Crippen LogP contribution in [-0.2, 0) is 0 Å². The van der Waals surface area contributed by atoms with Crippen molar-refractivity contribution in [2.24, 2.45) is 0 Å². The van der Waals surface area contributed by atoms with Crippen molar-refractivity contribution in [1.29, 1.82) is 0 Å². The molecule has 0 amide bonds. The van der Waals surface area contributed by atoms with E-state index in [0.29, 0.717) is 0 Å². The van der Waals surface area contributed by atoms with Crippen LogP contribution in [0.15, 0.2) is 11.0 Å². The van der Waals surface area contributed by atoms with Gasteiger partial charge in [-0.25, -0.2) is 0 Å². The Morgan fingerprint density at radius 1 is 1.50 bits per heavy atom. The molecule has 0 aromatic carbocycles. The third-order valence-electron chi connectivity index (χ3n) is 1.84. The van der Waals surface area contributed by atoms with Crippen LogP contribution < -0.4 is 0 Å². The number of rotatable bonds is 2. The molecule has 1 rings (SSSR count). The average Bonchev–Trinajstić information content (AvgIpc) is 2.34. The predicted octanol–water partition coefficient (Wildman–Crippen LogP) is 1.92. The molecule has 10 heavy (non-hydrogen) atoms. The van der Waals surface area contributed by atoms with E-state index in [-0.39, 0.29) is 0 Å². The minimum atomic E-state index is 1.09. The third-order valence-corrected chi connectivity index (χ3v) is 2.03. The van der Waals surface area contributed by atoms with Gasteiger partial charge < -0.3 is 0 Å². The molecule has 0 unspecified atom stereocenters. The highest BCUT2D eigenvalue weighted by Gasteiger charge is 2.08. The van der Waals surface area contributed by atoms with Gasteiger partial charge in [-0.05, 0) is 37.8 Å². The monoisotopic (exact) mass is 157 g/mol. The van der Waals surface area contributed by atoms with Crippen LogP contribution in [0, 0.1) is 0 Å². The lowest BCUT2D eigenvalue weighted by atomic mass is 10.4. The number of hydrogen-bond acceptors (Lipinski definition) is 2. The van der Waals surface area contributed by atoms with Gasteiger partial charge in [0.2, 0.25) is 0 Å². The zero-order valence-corrected chi connectivity index (χ0v) is 7.40. The quantitative estimate of drug-likeness (QED) is 0.599. The normalized spacial score (nSPS) is 22.0. The molecule has 1 fully saturated rings. The van der Waals surface area contributed by atoms with Gasteiger partial charge in [0.15, 0.2) is 0 Å². The molecule has 58 valence electrons. The van der Waals surface area contributed by atoms with Crippen LogP contribution in [0.25, 0.3) is 0 Å². The molecule has 0 aliphatic carbocycles. The molecule has 2 heteroatoms. The number of likely N-dealkylation sites (tertiary alicyclic amines) is 1. The maximum absolute atomic E-state index is 4.21. The Bertz CT molecular complexity index is 121. The molecule has 1 aliphatic heterocycles. The Morgan fingerprint density at radius 2 is 2.10 bits per heavy atom. The van der Waals surface area contributed by atoms with E-state index >= 15 is 0 Å². The standard InChI is InChI=1S/C8H15NS/c1-8(10)4-7-9-5-2-3-6-9/h4,10H,2-3,5-7H2,1H3. The summed E-state index contributed by atoms with van der Waals surface area (Å²) >= 11 is 4.21. The van der Waals surface area contributed by atoms with E-state index in [0.717, 1.165) is 11.4 Å².